The van der Waals surface area contributed by atoms with Crippen molar-refractivity contribution < 1.29 is 0 Å². The summed E-state index contributed by atoms with van der Waals surface area (Å²) in [6.45, 7) is 6.43. The van der Waals surface area contributed by atoms with Crippen LogP contribution in [0.4, 0.5) is 0 Å². The van der Waals surface area contributed by atoms with E-state index in [1.54, 1.807) is 0 Å². The van der Waals surface area contributed by atoms with Crippen LogP contribution in [0.3, 0.4) is 0 Å². The Kier molecular flexibility index (Phi) is 4.04. The molecule has 0 atom stereocenters. The second-order valence-electron chi connectivity index (χ2n) is 5.98. The van der Waals surface area contributed by atoms with Gasteiger partial charge in [0, 0.05) is 41.2 Å². The topological polar surface area (TPSA) is 24.9 Å². The van der Waals surface area contributed by atoms with Gasteiger partial charge in [-0.15, -0.1) is 11.3 Å². The van der Waals surface area contributed by atoms with E-state index in [0.717, 1.165) is 13.1 Å². The summed E-state index contributed by atoms with van der Waals surface area (Å²) in [6.07, 6.45) is 3.79. The van der Waals surface area contributed by atoms with E-state index in [-0.39, 0.29) is 5.41 Å². The molecule has 1 N–H and O–H groups in total. The van der Waals surface area contributed by atoms with E-state index in [4.69, 9.17) is 0 Å². The van der Waals surface area contributed by atoms with E-state index in [1.165, 1.54) is 21.2 Å². The van der Waals surface area contributed by atoms with Crippen molar-refractivity contribution in [1.29, 1.82) is 0 Å². The van der Waals surface area contributed by atoms with Crippen LogP contribution in [0.1, 0.15) is 24.3 Å². The fraction of sp³-hybridized carbons (Fsp3) is 0.278. The van der Waals surface area contributed by atoms with Crippen molar-refractivity contribution in [3.8, 4) is 0 Å². The lowest BCUT2D eigenvalue weighted by molar-refractivity contribution is 0.477. The van der Waals surface area contributed by atoms with Gasteiger partial charge in [-0.1, -0.05) is 38.1 Å². The molecule has 0 spiro atoms. The predicted molar refractivity (Wildman–Crippen MR) is 90.8 cm³/mol. The van der Waals surface area contributed by atoms with Crippen molar-refractivity contribution in [1.82, 2.24) is 10.3 Å². The van der Waals surface area contributed by atoms with Gasteiger partial charge in [-0.25, -0.2) is 0 Å². The molecule has 0 bridgehead atoms. The minimum Gasteiger partial charge on any atom is -0.312 e. The Labute approximate surface area is 129 Å². The lowest BCUT2D eigenvalue weighted by Crippen LogP contribution is -2.31. The van der Waals surface area contributed by atoms with Gasteiger partial charge in [0.05, 0.1) is 0 Å². The Morgan fingerprint density at radius 3 is 2.86 bits per heavy atom. The monoisotopic (exact) mass is 296 g/mol. The zero-order chi connectivity index (χ0) is 14.7. The Morgan fingerprint density at radius 1 is 1.14 bits per heavy atom. The predicted octanol–water partition coefficient (Wildman–Crippen LogP) is 4.36. The Hall–Kier alpha value is -1.71. The van der Waals surface area contributed by atoms with Crippen LogP contribution >= 0.6 is 11.3 Å². The van der Waals surface area contributed by atoms with E-state index in [2.05, 4.69) is 65.9 Å². The third kappa shape index (κ3) is 3.14. The summed E-state index contributed by atoms with van der Waals surface area (Å²) < 4.78 is 0. The number of thiophene rings is 1. The first-order valence-corrected chi connectivity index (χ1v) is 8.11. The molecule has 0 aliphatic rings. The van der Waals surface area contributed by atoms with Crippen molar-refractivity contribution >= 4 is 22.1 Å². The van der Waals surface area contributed by atoms with E-state index in [9.17, 15) is 0 Å². The van der Waals surface area contributed by atoms with Crippen LogP contribution in [0.25, 0.3) is 10.8 Å². The smallest absolute Gasteiger partial charge is 0.0346 e. The molecule has 2 heterocycles. The molecule has 1 aromatic carbocycles. The molecule has 3 heteroatoms. The molecule has 0 unspecified atom stereocenters. The van der Waals surface area contributed by atoms with Crippen LogP contribution in [0.15, 0.2) is 54.2 Å². The number of nitrogens with one attached hydrogen (secondary N) is 1. The van der Waals surface area contributed by atoms with Gasteiger partial charge in [0.25, 0.3) is 0 Å². The maximum absolute atomic E-state index is 4.19. The van der Waals surface area contributed by atoms with Crippen LogP contribution in [0.2, 0.25) is 0 Å². The van der Waals surface area contributed by atoms with Gasteiger partial charge in [0.15, 0.2) is 0 Å². The lowest BCUT2D eigenvalue weighted by Gasteiger charge is -2.24. The summed E-state index contributed by atoms with van der Waals surface area (Å²) in [5.74, 6) is 0. The van der Waals surface area contributed by atoms with Gasteiger partial charge in [0.1, 0.15) is 0 Å². The Morgan fingerprint density at radius 2 is 2.05 bits per heavy atom. The molecule has 3 rings (SSSR count). The molecule has 0 fully saturated rings. The largest absolute Gasteiger partial charge is 0.312 e. The summed E-state index contributed by atoms with van der Waals surface area (Å²) in [6, 6.07) is 12.8. The maximum atomic E-state index is 4.19. The molecular formula is C18H20N2S. The van der Waals surface area contributed by atoms with Crippen molar-refractivity contribution in [3.05, 3.63) is 64.6 Å². The van der Waals surface area contributed by atoms with Gasteiger partial charge in [-0.2, -0.15) is 0 Å². The first-order chi connectivity index (χ1) is 10.2. The second kappa shape index (κ2) is 5.96. The first kappa shape index (κ1) is 14.2. The highest BCUT2D eigenvalue weighted by molar-refractivity contribution is 7.10. The highest BCUT2D eigenvalue weighted by atomic mass is 32.1. The zero-order valence-electron chi connectivity index (χ0n) is 12.5. The molecule has 108 valence electrons. The quantitative estimate of drug-likeness (QED) is 0.756. The van der Waals surface area contributed by atoms with Crippen LogP contribution < -0.4 is 5.32 Å². The number of hydrogen-bond acceptors (Lipinski definition) is 3. The average Bonchev–Trinajstić information content (AvgIpc) is 3.02. The number of pyridine rings is 1. The number of hydrogen-bond donors (Lipinski definition) is 1. The van der Waals surface area contributed by atoms with E-state index >= 15 is 0 Å². The van der Waals surface area contributed by atoms with Crippen molar-refractivity contribution in [2.75, 3.05) is 6.54 Å². The van der Waals surface area contributed by atoms with Crippen molar-refractivity contribution in [2.45, 2.75) is 25.8 Å². The molecule has 0 aliphatic carbocycles. The van der Waals surface area contributed by atoms with Crippen LogP contribution in [-0.4, -0.2) is 11.5 Å². The molecule has 3 aromatic rings. The fourth-order valence-electron chi connectivity index (χ4n) is 2.60. The molecular weight excluding hydrogens is 276 g/mol. The fourth-order valence-corrected chi connectivity index (χ4v) is 3.46. The number of aromatic nitrogens is 1. The van der Waals surface area contributed by atoms with E-state index < -0.39 is 0 Å². The van der Waals surface area contributed by atoms with Crippen molar-refractivity contribution in [2.24, 2.45) is 0 Å². The average molecular weight is 296 g/mol. The summed E-state index contributed by atoms with van der Waals surface area (Å²) in [4.78, 5) is 5.62. The van der Waals surface area contributed by atoms with Crippen LogP contribution in [-0.2, 0) is 12.0 Å². The minimum absolute atomic E-state index is 0.167. The molecule has 21 heavy (non-hydrogen) atoms. The number of benzene rings is 1. The number of fused-ring (bicyclic) bond motifs is 1. The highest BCUT2D eigenvalue weighted by Crippen LogP contribution is 2.27. The standard InChI is InChI=1S/C18H20N2S/c1-18(2,17-7-4-10-21-17)13-20-12-15-6-3-5-14-11-19-9-8-16(14)15/h3-11,20H,12-13H2,1-2H3. The second-order valence-corrected chi connectivity index (χ2v) is 6.93. The highest BCUT2D eigenvalue weighted by Gasteiger charge is 2.20. The van der Waals surface area contributed by atoms with E-state index in [1.807, 2.05) is 23.7 Å². The van der Waals surface area contributed by atoms with E-state index in [0.29, 0.717) is 0 Å². The normalized spacial score (nSPS) is 11.9. The van der Waals surface area contributed by atoms with Gasteiger partial charge in [-0.3, -0.25) is 4.98 Å². The third-order valence-corrected chi connectivity index (χ3v) is 5.08. The number of rotatable bonds is 5. The lowest BCUT2D eigenvalue weighted by atomic mass is 9.91. The molecule has 0 aliphatic heterocycles. The summed E-state index contributed by atoms with van der Waals surface area (Å²) in [5, 5.41) is 8.25. The Balaban J connectivity index is 1.70. The van der Waals surface area contributed by atoms with Gasteiger partial charge in [-0.05, 0) is 28.5 Å². The summed E-state index contributed by atoms with van der Waals surface area (Å²) in [5.41, 5.74) is 1.50. The summed E-state index contributed by atoms with van der Waals surface area (Å²) in [7, 11) is 0. The summed E-state index contributed by atoms with van der Waals surface area (Å²) >= 11 is 1.83. The molecule has 0 amide bonds. The number of nitrogens with zero attached hydrogens (tertiary/aromatic N) is 1. The molecule has 2 nitrogen and oxygen atoms in total. The molecule has 0 radical (unpaired) electrons. The Bertz CT molecular complexity index is 712. The van der Waals surface area contributed by atoms with Gasteiger partial charge >= 0.3 is 0 Å². The first-order valence-electron chi connectivity index (χ1n) is 7.23. The SMILES string of the molecule is CC(C)(CNCc1cccc2cnccc12)c1cccs1. The molecule has 0 saturated carbocycles. The van der Waals surface area contributed by atoms with Crippen LogP contribution in [0.5, 0.6) is 0 Å². The van der Waals surface area contributed by atoms with Gasteiger partial charge in [0.2, 0.25) is 0 Å². The molecule has 2 aromatic heterocycles. The molecule has 0 saturated heterocycles. The maximum Gasteiger partial charge on any atom is 0.0346 e. The zero-order valence-corrected chi connectivity index (χ0v) is 13.3. The third-order valence-electron chi connectivity index (χ3n) is 3.84. The van der Waals surface area contributed by atoms with Gasteiger partial charge < -0.3 is 5.32 Å². The van der Waals surface area contributed by atoms with Crippen LogP contribution in [0, 0.1) is 0 Å². The van der Waals surface area contributed by atoms with Crippen molar-refractivity contribution in [3.63, 3.8) is 0 Å². The minimum atomic E-state index is 0.167.